The van der Waals surface area contributed by atoms with Crippen LogP contribution >= 0.6 is 11.8 Å². The predicted molar refractivity (Wildman–Crippen MR) is 139 cm³/mol. The van der Waals surface area contributed by atoms with Crippen molar-refractivity contribution in [3.63, 3.8) is 0 Å². The Labute approximate surface area is 213 Å². The number of aryl methyl sites for hydroxylation is 1. The number of nitrogens with zero attached hydrogens (tertiary/aromatic N) is 2. The highest BCUT2D eigenvalue weighted by molar-refractivity contribution is 8.03. The van der Waals surface area contributed by atoms with Gasteiger partial charge >= 0.3 is 0 Å². The average molecular weight is 503 g/mol. The van der Waals surface area contributed by atoms with Gasteiger partial charge in [-0.25, -0.2) is 0 Å². The third-order valence-electron chi connectivity index (χ3n) is 6.31. The highest BCUT2D eigenvalue weighted by Gasteiger charge is 2.42. The number of thioether (sulfide) groups is 1. The van der Waals surface area contributed by atoms with Gasteiger partial charge in [0, 0.05) is 35.5 Å². The third kappa shape index (κ3) is 5.19. The minimum atomic E-state index is -0.739. The molecule has 2 N–H and O–H groups in total. The number of hydrogen-bond donors (Lipinski definition) is 2. The number of dihydropyridines is 1. The van der Waals surface area contributed by atoms with Crippen molar-refractivity contribution in [3.8, 4) is 6.07 Å². The summed E-state index contributed by atoms with van der Waals surface area (Å²) in [6.45, 7) is 5.91. The van der Waals surface area contributed by atoms with Gasteiger partial charge in [0.1, 0.15) is 0 Å². The molecule has 0 radical (unpaired) electrons. The van der Waals surface area contributed by atoms with Crippen molar-refractivity contribution in [1.82, 2.24) is 5.32 Å². The second-order valence-electron chi connectivity index (χ2n) is 9.75. The van der Waals surface area contributed by atoms with Gasteiger partial charge < -0.3 is 10.6 Å². The lowest BCUT2D eigenvalue weighted by atomic mass is 9.69. The van der Waals surface area contributed by atoms with Gasteiger partial charge in [0.15, 0.2) is 5.78 Å². The molecule has 8 nitrogen and oxygen atoms in total. The number of allylic oxidation sites excluding steroid dienone is 3. The van der Waals surface area contributed by atoms with E-state index in [2.05, 4.69) is 16.7 Å². The maximum atomic E-state index is 13.3. The van der Waals surface area contributed by atoms with Crippen LogP contribution in [-0.4, -0.2) is 22.4 Å². The van der Waals surface area contributed by atoms with E-state index in [4.69, 9.17) is 0 Å². The summed E-state index contributed by atoms with van der Waals surface area (Å²) in [7, 11) is 0. The zero-order valence-corrected chi connectivity index (χ0v) is 21.1. The fourth-order valence-electron chi connectivity index (χ4n) is 4.68. The first-order chi connectivity index (χ1) is 17.1. The fourth-order valence-corrected chi connectivity index (χ4v) is 5.54. The van der Waals surface area contributed by atoms with E-state index in [-0.39, 0.29) is 34.1 Å². The molecule has 1 aliphatic carbocycles. The van der Waals surface area contributed by atoms with E-state index < -0.39 is 10.8 Å². The SMILES string of the molecule is Cc1ccccc1NC(=O)CSC1=C(C#N)[C@@H](c2cccc([N+](=O)[O-])c2)C2=C(CC(C)(C)CC2=O)N1. The van der Waals surface area contributed by atoms with E-state index in [1.807, 2.05) is 45.0 Å². The molecule has 0 bridgehead atoms. The Bertz CT molecular complexity index is 1370. The molecular weight excluding hydrogens is 476 g/mol. The summed E-state index contributed by atoms with van der Waals surface area (Å²) in [4.78, 5) is 36.9. The van der Waals surface area contributed by atoms with Crippen molar-refractivity contribution in [1.29, 1.82) is 5.26 Å². The monoisotopic (exact) mass is 502 g/mol. The predicted octanol–water partition coefficient (Wildman–Crippen LogP) is 5.34. The maximum Gasteiger partial charge on any atom is 0.269 e. The second kappa shape index (κ2) is 9.99. The number of nitro groups is 1. The summed E-state index contributed by atoms with van der Waals surface area (Å²) in [6.07, 6.45) is 0.899. The number of nitrogens with one attached hydrogen (secondary N) is 2. The summed E-state index contributed by atoms with van der Waals surface area (Å²) in [5.41, 5.74) is 3.22. The van der Waals surface area contributed by atoms with E-state index in [1.165, 1.54) is 23.9 Å². The molecule has 2 aliphatic rings. The molecule has 0 fully saturated rings. The van der Waals surface area contributed by atoms with E-state index in [1.54, 1.807) is 12.1 Å². The average Bonchev–Trinajstić information content (AvgIpc) is 2.82. The van der Waals surface area contributed by atoms with E-state index in [9.17, 15) is 25.0 Å². The van der Waals surface area contributed by atoms with Gasteiger partial charge in [0.2, 0.25) is 5.91 Å². The number of anilines is 1. The number of carbonyl (C=O) groups excluding carboxylic acids is 2. The van der Waals surface area contributed by atoms with Crippen LogP contribution in [0.1, 0.15) is 43.7 Å². The van der Waals surface area contributed by atoms with Gasteiger partial charge in [0.05, 0.1) is 33.3 Å². The smallest absolute Gasteiger partial charge is 0.269 e. The Hall–Kier alpha value is -3.90. The van der Waals surface area contributed by atoms with Crippen LogP contribution in [0.25, 0.3) is 0 Å². The minimum absolute atomic E-state index is 0.0451. The minimum Gasteiger partial charge on any atom is -0.352 e. The maximum absolute atomic E-state index is 13.3. The number of ketones is 1. The van der Waals surface area contributed by atoms with Crippen molar-refractivity contribution < 1.29 is 14.5 Å². The Kier molecular flexibility index (Phi) is 7.00. The van der Waals surface area contributed by atoms with Crippen LogP contribution < -0.4 is 10.6 Å². The van der Waals surface area contributed by atoms with Crippen LogP contribution in [0, 0.1) is 33.8 Å². The van der Waals surface area contributed by atoms with Gasteiger partial charge in [0.25, 0.3) is 5.69 Å². The molecule has 1 heterocycles. The summed E-state index contributed by atoms with van der Waals surface area (Å²) >= 11 is 1.18. The molecule has 2 aromatic rings. The van der Waals surface area contributed by atoms with Crippen molar-refractivity contribution in [2.24, 2.45) is 5.41 Å². The molecule has 0 saturated heterocycles. The quantitative estimate of drug-likeness (QED) is 0.403. The van der Waals surface area contributed by atoms with Gasteiger partial charge in [-0.2, -0.15) is 5.26 Å². The molecule has 9 heteroatoms. The van der Waals surface area contributed by atoms with Crippen molar-refractivity contribution in [2.45, 2.75) is 39.5 Å². The van der Waals surface area contributed by atoms with Crippen LogP contribution in [0.15, 0.2) is 70.4 Å². The Balaban J connectivity index is 1.70. The van der Waals surface area contributed by atoms with Crippen molar-refractivity contribution in [2.75, 3.05) is 11.1 Å². The van der Waals surface area contributed by atoms with Crippen LogP contribution in [0.3, 0.4) is 0 Å². The Morgan fingerprint density at radius 2 is 2.00 bits per heavy atom. The topological polar surface area (TPSA) is 125 Å². The summed E-state index contributed by atoms with van der Waals surface area (Å²) in [6, 6.07) is 15.7. The highest BCUT2D eigenvalue weighted by atomic mass is 32.2. The van der Waals surface area contributed by atoms with Crippen LogP contribution in [0.5, 0.6) is 0 Å². The number of hydrogen-bond acceptors (Lipinski definition) is 7. The fraction of sp³-hybridized carbons (Fsp3) is 0.296. The molecule has 0 saturated carbocycles. The lowest BCUT2D eigenvalue weighted by Crippen LogP contribution is -2.37. The van der Waals surface area contributed by atoms with Crippen LogP contribution in [-0.2, 0) is 9.59 Å². The summed E-state index contributed by atoms with van der Waals surface area (Å²) in [5, 5.41) is 28.2. The zero-order chi connectivity index (χ0) is 26.0. The molecule has 0 spiro atoms. The Morgan fingerprint density at radius 1 is 1.25 bits per heavy atom. The van der Waals surface area contributed by atoms with Crippen LogP contribution in [0.2, 0.25) is 0 Å². The highest BCUT2D eigenvalue weighted by Crippen LogP contribution is 2.48. The number of nitriles is 1. The molecule has 0 unspecified atom stereocenters. The lowest BCUT2D eigenvalue weighted by Gasteiger charge is -2.39. The number of benzene rings is 2. The Morgan fingerprint density at radius 3 is 2.69 bits per heavy atom. The molecule has 4 rings (SSSR count). The van der Waals surface area contributed by atoms with Gasteiger partial charge in [-0.3, -0.25) is 19.7 Å². The summed E-state index contributed by atoms with van der Waals surface area (Å²) < 4.78 is 0. The molecule has 1 amide bonds. The third-order valence-corrected chi connectivity index (χ3v) is 7.33. The molecule has 184 valence electrons. The number of Topliss-reactive ketones (excluding diaryl/α,β-unsaturated/α-hetero) is 1. The largest absolute Gasteiger partial charge is 0.352 e. The first-order valence-electron chi connectivity index (χ1n) is 11.5. The lowest BCUT2D eigenvalue weighted by molar-refractivity contribution is -0.384. The van der Waals surface area contributed by atoms with Gasteiger partial charge in [-0.15, -0.1) is 0 Å². The number of carbonyl (C=O) groups is 2. The molecule has 2 aromatic carbocycles. The molecular formula is C27H26N4O4S. The van der Waals surface area contributed by atoms with Crippen molar-refractivity contribution >= 4 is 34.8 Å². The molecule has 1 aliphatic heterocycles. The van der Waals surface area contributed by atoms with Crippen molar-refractivity contribution in [3.05, 3.63) is 91.6 Å². The van der Waals surface area contributed by atoms with Crippen LogP contribution in [0.4, 0.5) is 11.4 Å². The van der Waals surface area contributed by atoms with E-state index in [0.717, 1.165) is 5.56 Å². The second-order valence-corrected chi connectivity index (χ2v) is 10.7. The summed E-state index contributed by atoms with van der Waals surface area (Å²) in [5.74, 6) is -1.01. The first kappa shape index (κ1) is 25.2. The zero-order valence-electron chi connectivity index (χ0n) is 20.3. The normalized spacial score (nSPS) is 18.7. The number of nitro benzene ring substituents is 1. The first-order valence-corrected chi connectivity index (χ1v) is 12.5. The number of non-ortho nitro benzene ring substituents is 1. The molecule has 1 atom stereocenters. The number of rotatable bonds is 6. The molecule has 0 aromatic heterocycles. The van der Waals surface area contributed by atoms with E-state index in [0.29, 0.717) is 40.4 Å². The van der Waals surface area contributed by atoms with E-state index >= 15 is 0 Å². The van der Waals surface area contributed by atoms with Gasteiger partial charge in [-0.05, 0) is 36.0 Å². The molecule has 36 heavy (non-hydrogen) atoms. The number of amides is 1. The van der Waals surface area contributed by atoms with Gasteiger partial charge in [-0.1, -0.05) is 55.9 Å². The standard InChI is InChI=1S/C27H26N4O4S/c1-16-7-4-5-10-20(16)29-23(33)15-36-26-19(14-28)24(17-8-6-9-18(11-17)31(34)35)25-21(30-26)12-27(2,3)13-22(25)32/h4-11,24,30H,12-13,15H2,1-3H3,(H,29,33)/t24-/m1/s1. The number of para-hydroxylation sites is 1.